The Morgan fingerprint density at radius 2 is 2.29 bits per heavy atom. The monoisotopic (exact) mass is 298 g/mol. The first-order valence-corrected chi connectivity index (χ1v) is 8.31. The fraction of sp³-hybridized carbons (Fsp3) is 0.353. The number of nitrogens with zero attached hydrogens (tertiary/aromatic N) is 2. The lowest BCUT2D eigenvalue weighted by Crippen LogP contribution is -2.20. The molecule has 0 fully saturated rings. The molecule has 4 heteroatoms. The summed E-state index contributed by atoms with van der Waals surface area (Å²) in [5.74, 6) is 0. The zero-order valence-corrected chi connectivity index (χ0v) is 13.2. The molecule has 108 valence electrons. The molecule has 1 aromatic carbocycles. The van der Waals surface area contributed by atoms with Crippen molar-refractivity contribution in [3.63, 3.8) is 0 Å². The van der Waals surface area contributed by atoms with Crippen molar-refractivity contribution >= 4 is 33.6 Å². The Kier molecular flexibility index (Phi) is 3.07. The minimum Gasteiger partial charge on any atom is -0.464 e. The highest BCUT2D eigenvalue weighted by atomic mass is 32.2. The van der Waals surface area contributed by atoms with E-state index in [-0.39, 0.29) is 0 Å². The second kappa shape index (κ2) is 4.95. The standard InChI is InChI=1S/C17H18N2OS/c1-3-4-15-16(19-7-6-18-17(19)21-15)13-9-11(2)10-14-12(13)5-8-20-14/h5,8-10H,3-4,6-7H2,1-2H3. The van der Waals surface area contributed by atoms with Crippen LogP contribution < -0.4 is 0 Å². The minimum absolute atomic E-state index is 0.908. The van der Waals surface area contributed by atoms with Crippen molar-refractivity contribution in [2.75, 3.05) is 13.1 Å². The van der Waals surface area contributed by atoms with Crippen LogP contribution in [-0.2, 0) is 0 Å². The van der Waals surface area contributed by atoms with Gasteiger partial charge < -0.3 is 9.32 Å². The maximum Gasteiger partial charge on any atom is 0.168 e. The zero-order valence-electron chi connectivity index (χ0n) is 12.3. The van der Waals surface area contributed by atoms with Gasteiger partial charge in [-0.1, -0.05) is 25.1 Å². The molecule has 0 amide bonds. The molecule has 0 aliphatic carbocycles. The zero-order chi connectivity index (χ0) is 14.4. The summed E-state index contributed by atoms with van der Waals surface area (Å²) in [4.78, 5) is 8.47. The van der Waals surface area contributed by atoms with Crippen LogP contribution in [0.1, 0.15) is 30.9 Å². The number of benzene rings is 1. The lowest BCUT2D eigenvalue weighted by Gasteiger charge is -2.18. The van der Waals surface area contributed by atoms with Crippen LogP contribution in [0, 0.1) is 6.92 Å². The number of rotatable bonds is 3. The topological polar surface area (TPSA) is 28.7 Å². The van der Waals surface area contributed by atoms with E-state index in [0.717, 1.165) is 31.5 Å². The van der Waals surface area contributed by atoms with Crippen molar-refractivity contribution in [3.8, 4) is 0 Å². The Balaban J connectivity index is 1.94. The van der Waals surface area contributed by atoms with E-state index in [1.165, 1.54) is 32.3 Å². The number of furan rings is 1. The number of thioether (sulfide) groups is 1. The number of allylic oxidation sites excluding steroid dienone is 1. The van der Waals surface area contributed by atoms with E-state index in [1.54, 1.807) is 6.26 Å². The Morgan fingerprint density at radius 1 is 1.38 bits per heavy atom. The van der Waals surface area contributed by atoms with Crippen molar-refractivity contribution in [1.29, 1.82) is 0 Å². The lowest BCUT2D eigenvalue weighted by atomic mass is 10.0. The maximum atomic E-state index is 5.63. The second-order valence-electron chi connectivity index (χ2n) is 5.58. The van der Waals surface area contributed by atoms with E-state index >= 15 is 0 Å². The number of fused-ring (bicyclic) bond motifs is 2. The van der Waals surface area contributed by atoms with Crippen LogP contribution in [0.5, 0.6) is 0 Å². The van der Waals surface area contributed by atoms with Gasteiger partial charge in [-0.05, 0) is 37.1 Å². The average Bonchev–Trinajstić information content (AvgIpc) is 3.12. The summed E-state index contributed by atoms with van der Waals surface area (Å²) in [6, 6.07) is 6.47. The summed E-state index contributed by atoms with van der Waals surface area (Å²) in [6.07, 6.45) is 4.06. The van der Waals surface area contributed by atoms with Crippen LogP contribution in [0.2, 0.25) is 0 Å². The minimum atomic E-state index is 0.908. The van der Waals surface area contributed by atoms with Crippen molar-refractivity contribution in [1.82, 2.24) is 4.90 Å². The van der Waals surface area contributed by atoms with Crippen LogP contribution in [0.25, 0.3) is 16.7 Å². The maximum absolute atomic E-state index is 5.63. The molecule has 4 rings (SSSR count). The summed E-state index contributed by atoms with van der Waals surface area (Å²) in [5, 5.41) is 2.38. The van der Waals surface area contributed by atoms with Gasteiger partial charge in [0.1, 0.15) is 5.58 Å². The van der Waals surface area contributed by atoms with Gasteiger partial charge in [-0.3, -0.25) is 4.99 Å². The third-order valence-corrected chi connectivity index (χ3v) is 5.17. The van der Waals surface area contributed by atoms with Crippen LogP contribution >= 0.6 is 11.8 Å². The fourth-order valence-corrected chi connectivity index (χ4v) is 4.42. The lowest BCUT2D eigenvalue weighted by molar-refractivity contribution is 0.615. The first kappa shape index (κ1) is 13.0. The summed E-state index contributed by atoms with van der Waals surface area (Å²) in [6.45, 7) is 6.27. The molecule has 0 unspecified atom stereocenters. The first-order chi connectivity index (χ1) is 10.3. The Morgan fingerprint density at radius 3 is 3.14 bits per heavy atom. The van der Waals surface area contributed by atoms with E-state index in [9.17, 15) is 0 Å². The van der Waals surface area contributed by atoms with Gasteiger partial charge in [0, 0.05) is 22.4 Å². The van der Waals surface area contributed by atoms with E-state index < -0.39 is 0 Å². The summed E-state index contributed by atoms with van der Waals surface area (Å²) < 4.78 is 5.63. The third-order valence-electron chi connectivity index (χ3n) is 4.00. The van der Waals surface area contributed by atoms with Gasteiger partial charge in [-0.2, -0.15) is 0 Å². The van der Waals surface area contributed by atoms with Gasteiger partial charge >= 0.3 is 0 Å². The largest absolute Gasteiger partial charge is 0.464 e. The number of hydrogen-bond donors (Lipinski definition) is 0. The molecule has 3 nitrogen and oxygen atoms in total. The molecule has 3 heterocycles. The van der Waals surface area contributed by atoms with Gasteiger partial charge in [0.05, 0.1) is 18.5 Å². The molecule has 0 atom stereocenters. The van der Waals surface area contributed by atoms with E-state index in [4.69, 9.17) is 4.42 Å². The molecule has 0 radical (unpaired) electrons. The van der Waals surface area contributed by atoms with Gasteiger partial charge in [0.25, 0.3) is 0 Å². The molecule has 0 saturated heterocycles. The molecule has 21 heavy (non-hydrogen) atoms. The molecule has 2 aliphatic rings. The molecule has 1 aromatic heterocycles. The van der Waals surface area contributed by atoms with Gasteiger partial charge in [0.2, 0.25) is 0 Å². The Hall–Kier alpha value is -1.68. The highest BCUT2D eigenvalue weighted by molar-refractivity contribution is 8.17. The first-order valence-electron chi connectivity index (χ1n) is 7.49. The van der Waals surface area contributed by atoms with Crippen molar-refractivity contribution in [3.05, 3.63) is 40.5 Å². The molecule has 2 aliphatic heterocycles. The average molecular weight is 298 g/mol. The molecular formula is C17H18N2OS. The van der Waals surface area contributed by atoms with E-state index in [1.807, 2.05) is 11.8 Å². The summed E-state index contributed by atoms with van der Waals surface area (Å²) in [7, 11) is 0. The quantitative estimate of drug-likeness (QED) is 0.827. The van der Waals surface area contributed by atoms with Crippen LogP contribution in [0.3, 0.4) is 0 Å². The highest BCUT2D eigenvalue weighted by Crippen LogP contribution is 2.45. The van der Waals surface area contributed by atoms with Crippen molar-refractivity contribution < 1.29 is 4.42 Å². The van der Waals surface area contributed by atoms with Gasteiger partial charge in [-0.25, -0.2) is 0 Å². The number of amidine groups is 1. The van der Waals surface area contributed by atoms with Crippen molar-refractivity contribution in [2.45, 2.75) is 26.7 Å². The summed E-state index contributed by atoms with van der Waals surface area (Å²) in [5.41, 5.74) is 4.86. The van der Waals surface area contributed by atoms with Crippen LogP contribution in [-0.4, -0.2) is 23.2 Å². The molecule has 0 spiro atoms. The molecule has 2 aromatic rings. The van der Waals surface area contributed by atoms with Crippen molar-refractivity contribution in [2.24, 2.45) is 4.99 Å². The smallest absolute Gasteiger partial charge is 0.168 e. The van der Waals surface area contributed by atoms with E-state index in [0.29, 0.717) is 0 Å². The third kappa shape index (κ3) is 2.01. The summed E-state index contributed by atoms with van der Waals surface area (Å²) >= 11 is 1.85. The molecular weight excluding hydrogens is 280 g/mol. The molecule has 0 bridgehead atoms. The molecule has 0 saturated carbocycles. The number of hydrogen-bond acceptors (Lipinski definition) is 4. The van der Waals surface area contributed by atoms with Crippen LogP contribution in [0.4, 0.5) is 0 Å². The normalized spacial score (nSPS) is 17.8. The van der Waals surface area contributed by atoms with Crippen LogP contribution in [0.15, 0.2) is 38.8 Å². The van der Waals surface area contributed by atoms with Gasteiger partial charge in [0.15, 0.2) is 5.17 Å². The molecule has 0 N–H and O–H groups in total. The van der Waals surface area contributed by atoms with Gasteiger partial charge in [-0.15, -0.1) is 0 Å². The predicted octanol–water partition coefficient (Wildman–Crippen LogP) is 4.63. The Bertz CT molecular complexity index is 772. The van der Waals surface area contributed by atoms with E-state index in [2.05, 4.69) is 41.9 Å². The Labute approximate surface area is 128 Å². The highest BCUT2D eigenvalue weighted by Gasteiger charge is 2.33. The number of aliphatic imine (C=N–C) groups is 1. The fourth-order valence-electron chi connectivity index (χ4n) is 3.13. The predicted molar refractivity (Wildman–Crippen MR) is 89.4 cm³/mol. The number of aryl methyl sites for hydroxylation is 1. The SMILES string of the molecule is CCCC1=C(c2cc(C)cc3occc23)N2CCN=C2S1. The second-order valence-corrected chi connectivity index (χ2v) is 6.65.